The first-order valence-corrected chi connectivity index (χ1v) is 8.79. The molecule has 3 aromatic rings. The first kappa shape index (κ1) is 15.9. The number of piperidine rings is 1. The maximum atomic E-state index is 8.79. The molecule has 7 heteroatoms. The lowest BCUT2D eigenvalue weighted by Gasteiger charge is -2.33. The van der Waals surface area contributed by atoms with Crippen LogP contribution in [0.1, 0.15) is 25.3 Å². The number of H-pyrrole nitrogens is 1. The number of imidazole rings is 1. The Morgan fingerprint density at radius 2 is 2.16 bits per heavy atom. The van der Waals surface area contributed by atoms with Gasteiger partial charge in [0.05, 0.1) is 17.8 Å². The summed E-state index contributed by atoms with van der Waals surface area (Å²) in [6.07, 6.45) is 6.56. The second-order valence-electron chi connectivity index (χ2n) is 6.89. The Morgan fingerprint density at radius 3 is 2.88 bits per heavy atom. The molecule has 4 heterocycles. The average molecular weight is 337 g/mol. The predicted molar refractivity (Wildman–Crippen MR) is 98.7 cm³/mol. The third kappa shape index (κ3) is 2.72. The summed E-state index contributed by atoms with van der Waals surface area (Å²) >= 11 is 0. The molecule has 1 fully saturated rings. The van der Waals surface area contributed by atoms with Crippen LogP contribution < -0.4 is 4.90 Å². The number of likely N-dealkylation sites (tertiary alicyclic amines) is 1. The molecular formula is C18H23N7. The lowest BCUT2D eigenvalue weighted by Crippen LogP contribution is -2.35. The number of hydrogen-bond donors (Lipinski definition) is 1. The van der Waals surface area contributed by atoms with E-state index < -0.39 is 0 Å². The van der Waals surface area contributed by atoms with Gasteiger partial charge in [-0.25, -0.2) is 9.97 Å². The minimum atomic E-state index is 0.418. The Morgan fingerprint density at radius 1 is 1.36 bits per heavy atom. The Labute approximate surface area is 146 Å². The Hall–Kier alpha value is -2.59. The minimum Gasteiger partial charge on any atom is -0.348 e. The summed E-state index contributed by atoms with van der Waals surface area (Å²) in [6, 6.07) is 4.75. The molecule has 1 saturated heterocycles. The lowest BCUT2D eigenvalue weighted by molar-refractivity contribution is 0.192. The number of rotatable bonds is 4. The highest BCUT2D eigenvalue weighted by Crippen LogP contribution is 2.34. The number of fused-ring (bicyclic) bond motifs is 3. The molecule has 0 spiro atoms. The van der Waals surface area contributed by atoms with Gasteiger partial charge in [0, 0.05) is 57.8 Å². The van der Waals surface area contributed by atoms with Crippen molar-refractivity contribution >= 4 is 28.0 Å². The van der Waals surface area contributed by atoms with Crippen molar-refractivity contribution < 1.29 is 0 Å². The lowest BCUT2D eigenvalue weighted by atomic mass is 10.0. The second kappa shape index (κ2) is 6.37. The zero-order chi connectivity index (χ0) is 17.4. The number of anilines is 1. The number of nitrogens with one attached hydrogen (secondary N) is 1. The first-order chi connectivity index (χ1) is 12.2. The van der Waals surface area contributed by atoms with Gasteiger partial charge >= 0.3 is 0 Å². The summed E-state index contributed by atoms with van der Waals surface area (Å²) in [4.78, 5) is 17.0. The maximum absolute atomic E-state index is 8.79. The summed E-state index contributed by atoms with van der Waals surface area (Å²) in [6.45, 7) is 2.93. The van der Waals surface area contributed by atoms with Gasteiger partial charge in [-0.1, -0.05) is 0 Å². The maximum Gasteiger partial charge on any atom is 0.206 e. The van der Waals surface area contributed by atoms with Crippen LogP contribution in [-0.2, 0) is 0 Å². The van der Waals surface area contributed by atoms with Crippen LogP contribution >= 0.6 is 0 Å². The van der Waals surface area contributed by atoms with E-state index in [1.54, 1.807) is 0 Å². The van der Waals surface area contributed by atoms with Crippen molar-refractivity contribution in [3.05, 3.63) is 18.5 Å². The zero-order valence-electron chi connectivity index (χ0n) is 14.7. The van der Waals surface area contributed by atoms with Crippen LogP contribution in [0.5, 0.6) is 0 Å². The van der Waals surface area contributed by atoms with E-state index in [9.17, 15) is 0 Å². The van der Waals surface area contributed by atoms with Gasteiger partial charge in [-0.05, 0) is 18.9 Å². The molecule has 4 rings (SSSR count). The largest absolute Gasteiger partial charge is 0.348 e. The number of aromatic nitrogens is 4. The molecule has 0 amide bonds. The molecule has 130 valence electrons. The molecule has 1 aliphatic heterocycles. The van der Waals surface area contributed by atoms with E-state index in [1.807, 2.05) is 26.5 Å². The van der Waals surface area contributed by atoms with Gasteiger partial charge in [0.2, 0.25) is 5.95 Å². The predicted octanol–water partition coefficient (Wildman–Crippen LogP) is 2.53. The van der Waals surface area contributed by atoms with Crippen molar-refractivity contribution in [2.24, 2.45) is 0 Å². The summed E-state index contributed by atoms with van der Waals surface area (Å²) in [7, 11) is 4.09. The van der Waals surface area contributed by atoms with Crippen molar-refractivity contribution in [1.29, 1.82) is 5.26 Å². The van der Waals surface area contributed by atoms with Crippen LogP contribution in [0.2, 0.25) is 0 Å². The summed E-state index contributed by atoms with van der Waals surface area (Å²) in [5.41, 5.74) is 3.03. The molecule has 0 saturated carbocycles. The van der Waals surface area contributed by atoms with Crippen molar-refractivity contribution in [2.45, 2.75) is 25.3 Å². The number of hydrogen-bond acceptors (Lipinski definition) is 5. The molecule has 0 aliphatic carbocycles. The molecule has 25 heavy (non-hydrogen) atoms. The Kier molecular flexibility index (Phi) is 4.06. The highest BCUT2D eigenvalue weighted by Gasteiger charge is 2.26. The smallest absolute Gasteiger partial charge is 0.206 e. The van der Waals surface area contributed by atoms with Crippen molar-refractivity contribution in [3.63, 3.8) is 0 Å². The van der Waals surface area contributed by atoms with Gasteiger partial charge in [-0.3, -0.25) is 0 Å². The highest BCUT2D eigenvalue weighted by molar-refractivity contribution is 6.02. The Balaban J connectivity index is 1.74. The molecule has 0 atom stereocenters. The van der Waals surface area contributed by atoms with E-state index in [4.69, 9.17) is 10.2 Å². The van der Waals surface area contributed by atoms with Gasteiger partial charge in [0.15, 0.2) is 0 Å². The van der Waals surface area contributed by atoms with Crippen LogP contribution in [0.3, 0.4) is 0 Å². The third-order valence-corrected chi connectivity index (χ3v) is 5.08. The summed E-state index contributed by atoms with van der Waals surface area (Å²) in [5.74, 6) is 0.987. The molecule has 1 aliphatic rings. The summed E-state index contributed by atoms with van der Waals surface area (Å²) in [5, 5.41) is 9.92. The molecule has 0 radical (unpaired) electrons. The minimum absolute atomic E-state index is 0.418. The van der Waals surface area contributed by atoms with Gasteiger partial charge in [-0.15, -0.1) is 0 Å². The molecule has 0 unspecified atom stereocenters. The standard InChI is InChI=1S/C18H23N7/c1-23(2)18-22-15-12-21-17-14(4-8-20-17)16(15)25(18)13-5-10-24(11-6-13)9-3-7-19/h4,8,12-13H,3,5-6,9-11H2,1-2H3,(H,20,21). The third-order valence-electron chi connectivity index (χ3n) is 5.08. The van der Waals surface area contributed by atoms with Crippen molar-refractivity contribution in [1.82, 2.24) is 24.4 Å². The van der Waals surface area contributed by atoms with Gasteiger partial charge in [0.1, 0.15) is 11.2 Å². The van der Waals surface area contributed by atoms with E-state index in [-0.39, 0.29) is 0 Å². The monoisotopic (exact) mass is 337 g/mol. The van der Waals surface area contributed by atoms with Crippen LogP contribution in [0, 0.1) is 11.3 Å². The van der Waals surface area contributed by atoms with E-state index in [2.05, 4.69) is 36.5 Å². The van der Waals surface area contributed by atoms with Crippen LogP contribution in [0.25, 0.3) is 22.1 Å². The highest BCUT2D eigenvalue weighted by atomic mass is 15.3. The van der Waals surface area contributed by atoms with E-state index in [1.165, 1.54) is 5.52 Å². The van der Waals surface area contributed by atoms with Gasteiger partial charge < -0.3 is 19.4 Å². The van der Waals surface area contributed by atoms with E-state index >= 15 is 0 Å². The van der Waals surface area contributed by atoms with Crippen LogP contribution in [0.15, 0.2) is 18.5 Å². The Bertz CT molecular complexity index is 922. The van der Waals surface area contributed by atoms with Gasteiger partial charge in [-0.2, -0.15) is 5.26 Å². The number of nitrogens with zero attached hydrogens (tertiary/aromatic N) is 6. The van der Waals surface area contributed by atoms with E-state index in [0.717, 1.165) is 55.0 Å². The zero-order valence-corrected chi connectivity index (χ0v) is 14.7. The van der Waals surface area contributed by atoms with Crippen molar-refractivity contribution in [2.75, 3.05) is 38.6 Å². The SMILES string of the molecule is CN(C)c1nc2cnc3[nH]ccc3c2n1C1CCN(CCC#N)CC1. The molecule has 0 aromatic carbocycles. The molecule has 1 N–H and O–H groups in total. The fourth-order valence-corrected chi connectivity index (χ4v) is 3.85. The number of nitriles is 1. The quantitative estimate of drug-likeness (QED) is 0.791. The molecule has 3 aromatic heterocycles. The van der Waals surface area contributed by atoms with E-state index in [0.29, 0.717) is 12.5 Å². The number of pyridine rings is 1. The fourth-order valence-electron chi connectivity index (χ4n) is 3.85. The van der Waals surface area contributed by atoms with Crippen LogP contribution in [0.4, 0.5) is 5.95 Å². The summed E-state index contributed by atoms with van der Waals surface area (Å²) < 4.78 is 2.40. The molecular weight excluding hydrogens is 314 g/mol. The topological polar surface area (TPSA) is 76.8 Å². The fraction of sp³-hybridized carbons (Fsp3) is 0.500. The van der Waals surface area contributed by atoms with Crippen molar-refractivity contribution in [3.8, 4) is 6.07 Å². The average Bonchev–Trinajstić information content (AvgIpc) is 3.24. The number of aromatic amines is 1. The van der Waals surface area contributed by atoms with Crippen LogP contribution in [-0.4, -0.2) is 58.1 Å². The first-order valence-electron chi connectivity index (χ1n) is 8.79. The second-order valence-corrected chi connectivity index (χ2v) is 6.89. The van der Waals surface area contributed by atoms with Gasteiger partial charge in [0.25, 0.3) is 0 Å². The molecule has 0 bridgehead atoms. The molecule has 7 nitrogen and oxygen atoms in total. The normalized spacial score (nSPS) is 16.5.